The number of hydrogen-bond acceptors (Lipinski definition) is 3. The smallest absolute Gasteiger partial charge is 0.233 e. The lowest BCUT2D eigenvalue weighted by Gasteiger charge is -2.23. The van der Waals surface area contributed by atoms with Crippen LogP contribution in [-0.2, 0) is 4.79 Å². The number of furan rings is 1. The van der Waals surface area contributed by atoms with Gasteiger partial charge >= 0.3 is 0 Å². The Balaban J connectivity index is 1.93. The standard InChI is InChI=1S/C15H16ClNO2S/c1-11(13-7-5-9-19-13)17(2)15(18)10-20-14-8-4-3-6-12(14)16/h3-9,11H,10H2,1-2H3. The Morgan fingerprint density at radius 1 is 1.35 bits per heavy atom. The lowest BCUT2D eigenvalue weighted by molar-refractivity contribution is -0.129. The number of nitrogens with zero attached hydrogens (tertiary/aromatic N) is 1. The van der Waals surface area contributed by atoms with Crippen LogP contribution in [0.1, 0.15) is 18.7 Å². The number of rotatable bonds is 5. The molecule has 1 aromatic carbocycles. The predicted octanol–water partition coefficient (Wildman–Crippen LogP) is 4.24. The van der Waals surface area contributed by atoms with Crippen molar-refractivity contribution in [2.75, 3.05) is 12.8 Å². The van der Waals surface area contributed by atoms with Gasteiger partial charge in [-0.05, 0) is 31.2 Å². The fraction of sp³-hybridized carbons (Fsp3) is 0.267. The van der Waals surface area contributed by atoms with Gasteiger partial charge in [0.1, 0.15) is 5.76 Å². The van der Waals surface area contributed by atoms with Gasteiger partial charge in [0, 0.05) is 11.9 Å². The van der Waals surface area contributed by atoms with Crippen molar-refractivity contribution in [1.82, 2.24) is 4.90 Å². The van der Waals surface area contributed by atoms with Crippen LogP contribution < -0.4 is 0 Å². The van der Waals surface area contributed by atoms with E-state index >= 15 is 0 Å². The van der Waals surface area contributed by atoms with Crippen LogP contribution >= 0.6 is 23.4 Å². The zero-order chi connectivity index (χ0) is 14.5. The van der Waals surface area contributed by atoms with Crippen LogP contribution in [0.25, 0.3) is 0 Å². The van der Waals surface area contributed by atoms with Crippen molar-refractivity contribution in [2.45, 2.75) is 17.9 Å². The van der Waals surface area contributed by atoms with Crippen LogP contribution in [0.5, 0.6) is 0 Å². The Labute approximate surface area is 127 Å². The molecule has 1 aromatic heterocycles. The van der Waals surface area contributed by atoms with Gasteiger partial charge in [-0.15, -0.1) is 11.8 Å². The third-order valence-corrected chi connectivity index (χ3v) is 4.62. The van der Waals surface area contributed by atoms with Crippen molar-refractivity contribution in [3.63, 3.8) is 0 Å². The average molecular weight is 310 g/mol. The minimum absolute atomic E-state index is 0.0406. The van der Waals surface area contributed by atoms with E-state index in [0.717, 1.165) is 10.7 Å². The molecule has 1 atom stereocenters. The van der Waals surface area contributed by atoms with Gasteiger partial charge < -0.3 is 9.32 Å². The maximum absolute atomic E-state index is 12.2. The summed E-state index contributed by atoms with van der Waals surface area (Å²) in [5.74, 6) is 1.17. The minimum atomic E-state index is -0.0793. The van der Waals surface area contributed by atoms with E-state index in [-0.39, 0.29) is 11.9 Å². The van der Waals surface area contributed by atoms with Gasteiger partial charge in [-0.1, -0.05) is 23.7 Å². The molecule has 2 aromatic rings. The maximum Gasteiger partial charge on any atom is 0.233 e. The van der Waals surface area contributed by atoms with Gasteiger partial charge in [0.25, 0.3) is 0 Å². The molecule has 0 aliphatic carbocycles. The highest BCUT2D eigenvalue weighted by atomic mass is 35.5. The van der Waals surface area contributed by atoms with Crippen molar-refractivity contribution >= 4 is 29.3 Å². The monoisotopic (exact) mass is 309 g/mol. The van der Waals surface area contributed by atoms with Crippen molar-refractivity contribution in [3.05, 3.63) is 53.4 Å². The highest BCUT2D eigenvalue weighted by Crippen LogP contribution is 2.27. The first-order valence-corrected chi connectivity index (χ1v) is 7.62. The van der Waals surface area contributed by atoms with Gasteiger partial charge in [0.15, 0.2) is 0 Å². The maximum atomic E-state index is 12.2. The molecule has 1 unspecified atom stereocenters. The molecule has 0 bridgehead atoms. The molecule has 5 heteroatoms. The summed E-state index contributed by atoms with van der Waals surface area (Å²) in [7, 11) is 1.78. The molecule has 106 valence electrons. The van der Waals surface area contributed by atoms with Crippen molar-refractivity contribution < 1.29 is 9.21 Å². The van der Waals surface area contributed by atoms with Crippen LogP contribution in [0, 0.1) is 0 Å². The second-order valence-corrected chi connectivity index (χ2v) is 5.84. The van der Waals surface area contributed by atoms with Gasteiger partial charge in [0.2, 0.25) is 5.91 Å². The molecule has 20 heavy (non-hydrogen) atoms. The van der Waals surface area contributed by atoms with E-state index in [1.54, 1.807) is 18.2 Å². The highest BCUT2D eigenvalue weighted by molar-refractivity contribution is 8.00. The van der Waals surface area contributed by atoms with Crippen molar-refractivity contribution in [2.24, 2.45) is 0 Å². The molecule has 0 aliphatic rings. The van der Waals surface area contributed by atoms with Gasteiger partial charge in [-0.2, -0.15) is 0 Å². The first-order valence-electron chi connectivity index (χ1n) is 6.26. The van der Waals surface area contributed by atoms with Crippen molar-refractivity contribution in [3.8, 4) is 0 Å². The summed E-state index contributed by atoms with van der Waals surface area (Å²) >= 11 is 7.51. The summed E-state index contributed by atoms with van der Waals surface area (Å²) in [4.78, 5) is 14.8. The molecule has 0 radical (unpaired) electrons. The molecule has 0 fully saturated rings. The number of carbonyl (C=O) groups excluding carboxylic acids is 1. The summed E-state index contributed by atoms with van der Waals surface area (Å²) in [6.07, 6.45) is 1.61. The van der Waals surface area contributed by atoms with Crippen LogP contribution in [0.3, 0.4) is 0 Å². The summed E-state index contributed by atoms with van der Waals surface area (Å²) < 4.78 is 5.33. The van der Waals surface area contributed by atoms with Crippen LogP contribution in [0.2, 0.25) is 5.02 Å². The summed E-state index contributed by atoms with van der Waals surface area (Å²) in [6, 6.07) is 11.1. The first-order chi connectivity index (χ1) is 9.59. The zero-order valence-corrected chi connectivity index (χ0v) is 12.9. The third-order valence-electron chi connectivity index (χ3n) is 3.12. The molecule has 0 saturated heterocycles. The Morgan fingerprint density at radius 2 is 2.10 bits per heavy atom. The van der Waals surface area contributed by atoms with Gasteiger partial charge in [-0.25, -0.2) is 0 Å². The lowest BCUT2D eigenvalue weighted by Crippen LogP contribution is -2.30. The largest absolute Gasteiger partial charge is 0.467 e. The quantitative estimate of drug-likeness (QED) is 0.774. The third kappa shape index (κ3) is 3.58. The molecule has 0 spiro atoms. The molecule has 2 rings (SSSR count). The van der Waals surface area contributed by atoms with Crippen LogP contribution in [0.15, 0.2) is 52.0 Å². The molecular weight excluding hydrogens is 294 g/mol. The molecule has 0 saturated carbocycles. The van der Waals surface area contributed by atoms with Crippen molar-refractivity contribution in [1.29, 1.82) is 0 Å². The fourth-order valence-electron chi connectivity index (χ4n) is 1.74. The van der Waals surface area contributed by atoms with Crippen LogP contribution in [0.4, 0.5) is 0 Å². The molecule has 0 N–H and O–H groups in total. The van der Waals surface area contributed by atoms with E-state index in [1.165, 1.54) is 11.8 Å². The Kier molecular flexibility index (Phi) is 5.15. The normalized spacial score (nSPS) is 12.2. The number of halogens is 1. The van der Waals surface area contributed by atoms with E-state index in [2.05, 4.69) is 0 Å². The second kappa shape index (κ2) is 6.86. The number of benzene rings is 1. The van der Waals surface area contributed by atoms with E-state index in [4.69, 9.17) is 16.0 Å². The topological polar surface area (TPSA) is 33.5 Å². The number of amides is 1. The zero-order valence-electron chi connectivity index (χ0n) is 11.4. The van der Waals surface area contributed by atoms with Gasteiger partial charge in [-0.3, -0.25) is 4.79 Å². The first kappa shape index (κ1) is 15.0. The van der Waals surface area contributed by atoms with E-state index < -0.39 is 0 Å². The number of carbonyl (C=O) groups is 1. The Morgan fingerprint density at radius 3 is 2.75 bits per heavy atom. The molecule has 1 amide bonds. The molecule has 3 nitrogen and oxygen atoms in total. The summed E-state index contributed by atoms with van der Waals surface area (Å²) in [5.41, 5.74) is 0. The highest BCUT2D eigenvalue weighted by Gasteiger charge is 2.19. The van der Waals surface area contributed by atoms with E-state index in [9.17, 15) is 4.79 Å². The summed E-state index contributed by atoms with van der Waals surface area (Å²) in [6.45, 7) is 1.94. The fourth-order valence-corrected chi connectivity index (χ4v) is 2.90. The molecule has 0 aliphatic heterocycles. The molecular formula is C15H16ClNO2S. The van der Waals surface area contributed by atoms with Gasteiger partial charge in [0.05, 0.1) is 23.1 Å². The predicted molar refractivity (Wildman–Crippen MR) is 82.1 cm³/mol. The van der Waals surface area contributed by atoms with E-state index in [0.29, 0.717) is 10.8 Å². The van der Waals surface area contributed by atoms with Crippen LogP contribution in [-0.4, -0.2) is 23.6 Å². The minimum Gasteiger partial charge on any atom is -0.467 e. The number of thioether (sulfide) groups is 1. The van der Waals surface area contributed by atoms with E-state index in [1.807, 2.05) is 43.3 Å². The summed E-state index contributed by atoms with van der Waals surface area (Å²) in [5, 5.41) is 0.673. The lowest BCUT2D eigenvalue weighted by atomic mass is 10.2. The Bertz CT molecular complexity index is 571. The Hall–Kier alpha value is -1.39. The molecule has 1 heterocycles. The average Bonchev–Trinajstić information content (AvgIpc) is 2.98. The number of hydrogen-bond donors (Lipinski definition) is 0. The second-order valence-electron chi connectivity index (χ2n) is 4.42. The SMILES string of the molecule is CC(c1ccco1)N(C)C(=O)CSc1ccccc1Cl.